The minimum absolute atomic E-state index is 0.0578. The lowest BCUT2D eigenvalue weighted by Gasteiger charge is -2.30. The number of aromatic nitrogens is 3. The van der Waals surface area contributed by atoms with Crippen molar-refractivity contribution < 1.29 is 23.0 Å². The van der Waals surface area contributed by atoms with Gasteiger partial charge < -0.3 is 19.7 Å². The number of ether oxygens (including phenoxy) is 2. The molecule has 212 valence electrons. The summed E-state index contributed by atoms with van der Waals surface area (Å²) in [4.78, 5) is 30.3. The summed E-state index contributed by atoms with van der Waals surface area (Å²) >= 11 is 0. The zero-order valence-electron chi connectivity index (χ0n) is 22.9. The number of hydrogen-bond acceptors (Lipinski definition) is 8. The molecule has 0 bridgehead atoms. The second kappa shape index (κ2) is 11.2. The second-order valence-corrected chi connectivity index (χ2v) is 10.1. The van der Waals surface area contributed by atoms with Crippen molar-refractivity contribution in [3.63, 3.8) is 0 Å². The van der Waals surface area contributed by atoms with Crippen molar-refractivity contribution >= 4 is 39.8 Å². The topological polar surface area (TPSA) is 92.7 Å². The highest BCUT2D eigenvalue weighted by Gasteiger charge is 2.27. The van der Waals surface area contributed by atoms with Crippen LogP contribution in [0.25, 0.3) is 22.0 Å². The van der Waals surface area contributed by atoms with Gasteiger partial charge in [0.05, 0.1) is 42.6 Å². The molecule has 5 heterocycles. The number of morpholine rings is 1. The third-order valence-electron chi connectivity index (χ3n) is 7.54. The molecular weight excluding hydrogens is 530 g/mol. The monoisotopic (exact) mass is 560 g/mol. The number of rotatable bonds is 6. The molecule has 6 rings (SSSR count). The first-order chi connectivity index (χ1) is 19.9. The van der Waals surface area contributed by atoms with Crippen LogP contribution in [-0.2, 0) is 9.53 Å². The molecule has 0 radical (unpaired) electrons. The first-order valence-electron chi connectivity index (χ1n) is 13.6. The number of nitrogens with one attached hydrogen (secondary N) is 1. The number of fused-ring (bicyclic) bond motifs is 1. The van der Waals surface area contributed by atoms with E-state index in [0.717, 1.165) is 35.9 Å². The van der Waals surface area contributed by atoms with E-state index >= 15 is 4.39 Å². The molecule has 0 unspecified atom stereocenters. The molecular formula is C30H30F2N6O3. The zero-order valence-corrected chi connectivity index (χ0v) is 22.9. The van der Waals surface area contributed by atoms with Crippen LogP contribution in [0, 0.1) is 18.6 Å². The molecule has 2 aliphatic heterocycles. The Morgan fingerprint density at radius 1 is 1.02 bits per heavy atom. The second-order valence-electron chi connectivity index (χ2n) is 10.1. The Bertz CT molecular complexity index is 1610. The molecule has 0 atom stereocenters. The van der Waals surface area contributed by atoms with E-state index in [9.17, 15) is 9.18 Å². The van der Waals surface area contributed by atoms with Crippen LogP contribution in [0.1, 0.15) is 24.8 Å². The van der Waals surface area contributed by atoms with Crippen LogP contribution in [0.3, 0.4) is 0 Å². The van der Waals surface area contributed by atoms with E-state index in [1.165, 1.54) is 6.07 Å². The molecule has 3 aromatic heterocycles. The lowest BCUT2D eigenvalue weighted by Crippen LogP contribution is -2.36. The van der Waals surface area contributed by atoms with E-state index < -0.39 is 11.6 Å². The summed E-state index contributed by atoms with van der Waals surface area (Å²) in [6, 6.07) is 7.57. The SMILES string of the molecule is COc1ccc(-c2cnc(N3CCOCC3)cc2Nc2c(C)c(N3CCCCC3=O)nc3cc(F)cc(F)c23)cn1. The van der Waals surface area contributed by atoms with Crippen LogP contribution >= 0.6 is 0 Å². The van der Waals surface area contributed by atoms with Gasteiger partial charge in [0.1, 0.15) is 23.3 Å². The number of anilines is 4. The van der Waals surface area contributed by atoms with Gasteiger partial charge in [0.2, 0.25) is 11.8 Å². The Labute approximate surface area is 236 Å². The van der Waals surface area contributed by atoms with Gasteiger partial charge in [-0.15, -0.1) is 0 Å². The Morgan fingerprint density at radius 3 is 2.59 bits per heavy atom. The third-order valence-corrected chi connectivity index (χ3v) is 7.54. The summed E-state index contributed by atoms with van der Waals surface area (Å²) in [5.41, 5.74) is 3.25. The molecule has 2 aliphatic rings. The van der Waals surface area contributed by atoms with Gasteiger partial charge in [-0.3, -0.25) is 9.69 Å². The summed E-state index contributed by atoms with van der Waals surface area (Å²) in [7, 11) is 1.55. The Kier molecular flexibility index (Phi) is 7.36. The molecule has 1 amide bonds. The van der Waals surface area contributed by atoms with Gasteiger partial charge in [-0.05, 0) is 25.8 Å². The number of nitrogens with zero attached hydrogens (tertiary/aromatic N) is 5. The number of piperidine rings is 1. The summed E-state index contributed by atoms with van der Waals surface area (Å²) in [5, 5.41) is 3.59. The molecule has 9 nitrogen and oxygen atoms in total. The fourth-order valence-electron chi connectivity index (χ4n) is 5.38. The van der Waals surface area contributed by atoms with Crippen molar-refractivity contribution in [3.05, 3.63) is 59.9 Å². The molecule has 1 aromatic carbocycles. The minimum atomic E-state index is -0.746. The summed E-state index contributed by atoms with van der Waals surface area (Å²) in [5.74, 6) is 0.0517. The molecule has 0 saturated carbocycles. The van der Waals surface area contributed by atoms with E-state index in [1.54, 1.807) is 37.4 Å². The Hall–Kier alpha value is -4.38. The summed E-state index contributed by atoms with van der Waals surface area (Å²) < 4.78 is 40.6. The summed E-state index contributed by atoms with van der Waals surface area (Å²) in [6.07, 6.45) is 5.46. The first-order valence-corrected chi connectivity index (χ1v) is 13.6. The highest BCUT2D eigenvalue weighted by atomic mass is 19.1. The maximum absolute atomic E-state index is 15.5. The predicted octanol–water partition coefficient (Wildman–Crippen LogP) is 5.38. The lowest BCUT2D eigenvalue weighted by atomic mass is 10.0. The van der Waals surface area contributed by atoms with Gasteiger partial charge in [-0.25, -0.2) is 23.7 Å². The van der Waals surface area contributed by atoms with Gasteiger partial charge in [-0.1, -0.05) is 0 Å². The normalized spacial score (nSPS) is 15.9. The number of carbonyl (C=O) groups excluding carboxylic acids is 1. The molecule has 2 fully saturated rings. The molecule has 4 aromatic rings. The largest absolute Gasteiger partial charge is 0.481 e. The van der Waals surface area contributed by atoms with E-state index in [-0.39, 0.29) is 16.8 Å². The molecule has 2 saturated heterocycles. The maximum Gasteiger partial charge on any atom is 0.228 e. The number of halogens is 2. The molecule has 1 N–H and O–H groups in total. The van der Waals surface area contributed by atoms with Gasteiger partial charge in [-0.2, -0.15) is 0 Å². The fourth-order valence-corrected chi connectivity index (χ4v) is 5.38. The van der Waals surface area contributed by atoms with Crippen LogP contribution in [0.15, 0.2) is 42.7 Å². The van der Waals surface area contributed by atoms with Crippen LogP contribution < -0.4 is 19.9 Å². The number of pyridine rings is 3. The Morgan fingerprint density at radius 2 is 1.85 bits per heavy atom. The van der Waals surface area contributed by atoms with Crippen molar-refractivity contribution in [1.29, 1.82) is 0 Å². The van der Waals surface area contributed by atoms with Gasteiger partial charge in [0, 0.05) is 79.4 Å². The van der Waals surface area contributed by atoms with Crippen molar-refractivity contribution in [2.24, 2.45) is 0 Å². The third kappa shape index (κ3) is 5.24. The number of amides is 1. The number of methoxy groups -OCH3 is 1. The Balaban J connectivity index is 1.53. The van der Waals surface area contributed by atoms with Crippen molar-refractivity contribution in [1.82, 2.24) is 15.0 Å². The predicted molar refractivity (Wildman–Crippen MR) is 153 cm³/mol. The van der Waals surface area contributed by atoms with E-state index in [2.05, 4.69) is 20.2 Å². The highest BCUT2D eigenvalue weighted by Crippen LogP contribution is 2.40. The summed E-state index contributed by atoms with van der Waals surface area (Å²) in [6.45, 7) is 4.84. The van der Waals surface area contributed by atoms with Crippen molar-refractivity contribution in [2.75, 3.05) is 55.1 Å². The standard InChI is InChI=1S/C30H30F2N6O3/c1-18-29(28-22(32)13-20(31)14-24(28)36-30(18)38-8-4-3-5-27(38)39)35-23-15-25(37-9-11-41-12-10-37)33-17-21(23)19-6-7-26(40-2)34-16-19/h6-7,13-17H,3-5,8-12H2,1-2H3,(H,33,35,36). The van der Waals surface area contributed by atoms with Crippen molar-refractivity contribution in [3.8, 4) is 17.0 Å². The van der Waals surface area contributed by atoms with Gasteiger partial charge in [0.15, 0.2) is 0 Å². The van der Waals surface area contributed by atoms with E-state index in [1.807, 2.05) is 12.1 Å². The molecule has 41 heavy (non-hydrogen) atoms. The maximum atomic E-state index is 15.5. The molecule has 11 heteroatoms. The average Bonchev–Trinajstić information content (AvgIpc) is 2.99. The number of carbonyl (C=O) groups is 1. The van der Waals surface area contributed by atoms with Crippen LogP contribution in [0.2, 0.25) is 0 Å². The van der Waals surface area contributed by atoms with Gasteiger partial charge in [0.25, 0.3) is 0 Å². The van der Waals surface area contributed by atoms with E-state index in [4.69, 9.17) is 14.5 Å². The number of benzene rings is 1. The van der Waals surface area contributed by atoms with Crippen LogP contribution in [-0.4, -0.2) is 60.8 Å². The van der Waals surface area contributed by atoms with Crippen LogP contribution in [0.4, 0.5) is 31.8 Å². The number of hydrogen-bond donors (Lipinski definition) is 1. The minimum Gasteiger partial charge on any atom is -0.481 e. The van der Waals surface area contributed by atoms with Gasteiger partial charge >= 0.3 is 0 Å². The first kappa shape index (κ1) is 26.8. The quantitative estimate of drug-likeness (QED) is 0.336. The smallest absolute Gasteiger partial charge is 0.228 e. The lowest BCUT2D eigenvalue weighted by molar-refractivity contribution is -0.119. The highest BCUT2D eigenvalue weighted by molar-refractivity contribution is 6.02. The molecule has 0 aliphatic carbocycles. The average molecular weight is 561 g/mol. The zero-order chi connectivity index (χ0) is 28.5. The molecule has 0 spiro atoms. The fraction of sp³-hybridized carbons (Fsp3) is 0.333. The van der Waals surface area contributed by atoms with Crippen molar-refractivity contribution in [2.45, 2.75) is 26.2 Å². The van der Waals surface area contributed by atoms with E-state index in [0.29, 0.717) is 67.9 Å². The van der Waals surface area contributed by atoms with Crippen LogP contribution in [0.5, 0.6) is 5.88 Å².